The quantitative estimate of drug-likeness (QED) is 0.659. The van der Waals surface area contributed by atoms with Crippen LogP contribution in [0.25, 0.3) is 11.5 Å². The number of rotatable bonds is 4. The van der Waals surface area contributed by atoms with Crippen LogP contribution >= 0.6 is 12.2 Å². The van der Waals surface area contributed by atoms with Gasteiger partial charge in [0, 0.05) is 49.8 Å². The molecule has 0 radical (unpaired) electrons. The summed E-state index contributed by atoms with van der Waals surface area (Å²) in [5.41, 5.74) is 3.53. The summed E-state index contributed by atoms with van der Waals surface area (Å²) in [5, 5.41) is 4.53. The van der Waals surface area contributed by atoms with Gasteiger partial charge in [-0.2, -0.15) is 0 Å². The van der Waals surface area contributed by atoms with Crippen molar-refractivity contribution in [2.75, 3.05) is 31.1 Å². The first-order chi connectivity index (χ1) is 12.7. The maximum Gasteiger partial charge on any atom is 0.288 e. The van der Waals surface area contributed by atoms with Crippen LogP contribution in [0.5, 0.6) is 0 Å². The van der Waals surface area contributed by atoms with Gasteiger partial charge in [0.2, 0.25) is 5.89 Å². The first kappa shape index (κ1) is 16.9. The van der Waals surface area contributed by atoms with Gasteiger partial charge >= 0.3 is 0 Å². The zero-order valence-electron chi connectivity index (χ0n) is 14.7. The van der Waals surface area contributed by atoms with Gasteiger partial charge in [0.25, 0.3) is 4.84 Å². The first-order valence-electron chi connectivity index (χ1n) is 8.72. The van der Waals surface area contributed by atoms with Crippen LogP contribution in [0.15, 0.2) is 53.2 Å². The van der Waals surface area contributed by atoms with E-state index in [0.29, 0.717) is 17.4 Å². The highest BCUT2D eigenvalue weighted by Crippen LogP contribution is 2.21. The smallest absolute Gasteiger partial charge is 0.288 e. The molecule has 0 bridgehead atoms. The van der Waals surface area contributed by atoms with Crippen molar-refractivity contribution in [2.24, 2.45) is 0 Å². The summed E-state index contributed by atoms with van der Waals surface area (Å²) in [4.78, 5) is 9.21. The molecule has 0 atom stereocenters. The Morgan fingerprint density at radius 2 is 1.77 bits per heavy atom. The summed E-state index contributed by atoms with van der Waals surface area (Å²) in [5.74, 6) is 0.538. The molecule has 1 aliphatic rings. The summed E-state index contributed by atoms with van der Waals surface area (Å²) in [6.45, 7) is 6.73. The van der Waals surface area contributed by atoms with Crippen LogP contribution in [0.3, 0.4) is 0 Å². The van der Waals surface area contributed by atoms with E-state index in [1.807, 2.05) is 12.1 Å². The van der Waals surface area contributed by atoms with E-state index in [0.717, 1.165) is 31.7 Å². The molecule has 1 fully saturated rings. The monoisotopic (exact) mass is 367 g/mol. The Bertz CT molecular complexity index is 928. The molecule has 0 amide bonds. The van der Waals surface area contributed by atoms with Crippen molar-refractivity contribution in [3.8, 4) is 11.5 Å². The van der Waals surface area contributed by atoms with Gasteiger partial charge in [-0.25, -0.2) is 4.68 Å². The predicted molar refractivity (Wildman–Crippen MR) is 104 cm³/mol. The van der Waals surface area contributed by atoms with E-state index in [4.69, 9.17) is 16.6 Å². The molecular formula is C19H21N5OS. The Morgan fingerprint density at radius 1 is 1.04 bits per heavy atom. The van der Waals surface area contributed by atoms with Crippen LogP contribution < -0.4 is 4.90 Å². The summed E-state index contributed by atoms with van der Waals surface area (Å²) in [7, 11) is 0. The van der Waals surface area contributed by atoms with Crippen LogP contribution in [0.2, 0.25) is 0 Å². The molecule has 3 aromatic rings. The minimum Gasteiger partial charge on any atom is -0.409 e. The van der Waals surface area contributed by atoms with Crippen molar-refractivity contribution in [1.82, 2.24) is 19.7 Å². The predicted octanol–water partition coefficient (Wildman–Crippen LogP) is 3.36. The average Bonchev–Trinajstić information content (AvgIpc) is 3.04. The molecule has 4 rings (SSSR count). The van der Waals surface area contributed by atoms with Crippen molar-refractivity contribution < 1.29 is 4.42 Å². The minimum atomic E-state index is 0.401. The molecule has 1 saturated heterocycles. The molecule has 0 spiro atoms. The second kappa shape index (κ2) is 7.39. The fourth-order valence-corrected chi connectivity index (χ4v) is 3.42. The minimum absolute atomic E-state index is 0.401. The molecule has 2 aromatic heterocycles. The molecule has 1 aromatic carbocycles. The molecule has 0 aliphatic carbocycles. The van der Waals surface area contributed by atoms with Crippen molar-refractivity contribution in [2.45, 2.75) is 13.6 Å². The van der Waals surface area contributed by atoms with Crippen molar-refractivity contribution in [3.05, 3.63) is 59.2 Å². The number of para-hydroxylation sites is 1. The van der Waals surface area contributed by atoms with Crippen LogP contribution in [0.4, 0.5) is 5.69 Å². The largest absolute Gasteiger partial charge is 0.409 e. The SMILES string of the molecule is Cc1ccccc1N1CCN(Cn2nc(-c3ccncc3)oc2=S)CC1. The van der Waals surface area contributed by atoms with E-state index in [1.165, 1.54) is 11.3 Å². The lowest BCUT2D eigenvalue weighted by molar-refractivity contribution is 0.192. The van der Waals surface area contributed by atoms with Crippen LogP contribution in [-0.2, 0) is 6.67 Å². The van der Waals surface area contributed by atoms with Gasteiger partial charge in [-0.05, 0) is 42.9 Å². The molecular weight excluding hydrogens is 346 g/mol. The zero-order chi connectivity index (χ0) is 17.9. The van der Waals surface area contributed by atoms with E-state index < -0.39 is 0 Å². The molecule has 0 saturated carbocycles. The highest BCUT2D eigenvalue weighted by Gasteiger charge is 2.19. The van der Waals surface area contributed by atoms with E-state index in [2.05, 4.69) is 51.1 Å². The highest BCUT2D eigenvalue weighted by molar-refractivity contribution is 7.71. The Balaban J connectivity index is 1.41. The van der Waals surface area contributed by atoms with Gasteiger partial charge in [-0.1, -0.05) is 18.2 Å². The third kappa shape index (κ3) is 3.54. The van der Waals surface area contributed by atoms with Gasteiger partial charge in [0.05, 0.1) is 6.67 Å². The highest BCUT2D eigenvalue weighted by atomic mass is 32.1. The second-order valence-electron chi connectivity index (χ2n) is 6.44. The molecule has 6 nitrogen and oxygen atoms in total. The van der Waals surface area contributed by atoms with E-state index in [9.17, 15) is 0 Å². The summed E-state index contributed by atoms with van der Waals surface area (Å²) in [6.07, 6.45) is 3.44. The fraction of sp³-hybridized carbons (Fsp3) is 0.316. The Hall–Kier alpha value is -2.51. The van der Waals surface area contributed by atoms with Crippen molar-refractivity contribution in [3.63, 3.8) is 0 Å². The fourth-order valence-electron chi connectivity index (χ4n) is 3.24. The van der Waals surface area contributed by atoms with Crippen LogP contribution in [-0.4, -0.2) is 45.8 Å². The number of hydrogen-bond donors (Lipinski definition) is 0. The van der Waals surface area contributed by atoms with Gasteiger partial charge < -0.3 is 9.32 Å². The van der Waals surface area contributed by atoms with Gasteiger partial charge in [0.15, 0.2) is 0 Å². The number of nitrogens with zero attached hydrogens (tertiary/aromatic N) is 5. The van der Waals surface area contributed by atoms with Gasteiger partial charge in [-0.3, -0.25) is 9.88 Å². The topological polar surface area (TPSA) is 50.3 Å². The lowest BCUT2D eigenvalue weighted by Gasteiger charge is -2.36. The summed E-state index contributed by atoms with van der Waals surface area (Å²) in [6, 6.07) is 12.3. The Labute approximate surface area is 157 Å². The third-order valence-electron chi connectivity index (χ3n) is 4.70. The maximum absolute atomic E-state index is 5.65. The van der Waals surface area contributed by atoms with E-state index >= 15 is 0 Å². The number of hydrogen-bond acceptors (Lipinski definition) is 6. The molecule has 0 N–H and O–H groups in total. The average molecular weight is 367 g/mol. The molecule has 7 heteroatoms. The maximum atomic E-state index is 5.65. The normalized spacial score (nSPS) is 15.3. The number of benzene rings is 1. The Morgan fingerprint density at radius 3 is 2.50 bits per heavy atom. The Kier molecular flexibility index (Phi) is 4.81. The van der Waals surface area contributed by atoms with Crippen molar-refractivity contribution in [1.29, 1.82) is 0 Å². The third-order valence-corrected chi connectivity index (χ3v) is 4.99. The number of pyridine rings is 1. The number of aromatic nitrogens is 3. The molecule has 3 heterocycles. The molecule has 26 heavy (non-hydrogen) atoms. The lowest BCUT2D eigenvalue weighted by atomic mass is 10.1. The van der Waals surface area contributed by atoms with Gasteiger partial charge in [-0.15, -0.1) is 5.10 Å². The number of anilines is 1. The van der Waals surface area contributed by atoms with Crippen LogP contribution in [0.1, 0.15) is 5.56 Å². The van der Waals surface area contributed by atoms with Crippen LogP contribution in [0, 0.1) is 11.8 Å². The van der Waals surface area contributed by atoms with E-state index in [-0.39, 0.29) is 0 Å². The van der Waals surface area contributed by atoms with Gasteiger partial charge in [0.1, 0.15) is 0 Å². The lowest BCUT2D eigenvalue weighted by Crippen LogP contribution is -2.47. The molecule has 1 aliphatic heterocycles. The number of piperazine rings is 1. The zero-order valence-corrected chi connectivity index (χ0v) is 15.5. The summed E-state index contributed by atoms with van der Waals surface area (Å²) < 4.78 is 7.41. The second-order valence-corrected chi connectivity index (χ2v) is 6.79. The number of aryl methyl sites for hydroxylation is 1. The first-order valence-corrected chi connectivity index (χ1v) is 9.13. The summed E-state index contributed by atoms with van der Waals surface area (Å²) >= 11 is 5.34. The molecule has 0 unspecified atom stereocenters. The van der Waals surface area contributed by atoms with E-state index in [1.54, 1.807) is 17.1 Å². The van der Waals surface area contributed by atoms with Crippen molar-refractivity contribution >= 4 is 17.9 Å². The standard InChI is InChI=1S/C19H21N5OS/c1-15-4-2-3-5-17(15)23-12-10-22(11-13-23)14-24-19(26)25-18(21-24)16-6-8-20-9-7-16/h2-9H,10-14H2,1H3. The molecule has 134 valence electrons.